The molecule has 1 fully saturated rings. The average Bonchev–Trinajstić information content (AvgIpc) is 3.33. The van der Waals surface area contributed by atoms with Gasteiger partial charge in [0.25, 0.3) is 5.91 Å². The molecule has 1 saturated heterocycles. The van der Waals surface area contributed by atoms with Crippen molar-refractivity contribution in [3.05, 3.63) is 59.7 Å². The number of fused-ring (bicyclic) bond motifs is 1. The molecule has 4 rings (SSSR count). The van der Waals surface area contributed by atoms with Crippen LogP contribution in [0.15, 0.2) is 48.5 Å². The molecule has 3 N–H and O–H groups in total. The maximum atomic E-state index is 12.3. The monoisotopic (exact) mass is 350 g/mol. The number of nitrogens with one attached hydrogen (secondary N) is 3. The van der Waals surface area contributed by atoms with Crippen LogP contribution in [-0.4, -0.2) is 35.1 Å². The van der Waals surface area contributed by atoms with E-state index in [1.54, 1.807) is 0 Å². The molecule has 3 aromatic rings. The van der Waals surface area contributed by atoms with E-state index in [9.17, 15) is 4.79 Å². The Kier molecular flexibility index (Phi) is 4.84. The largest absolute Gasteiger partial charge is 0.376 e. The summed E-state index contributed by atoms with van der Waals surface area (Å²) in [6, 6.07) is 15.5. The molecule has 1 aliphatic heterocycles. The molecule has 6 nitrogen and oxygen atoms in total. The van der Waals surface area contributed by atoms with Gasteiger partial charge in [-0.25, -0.2) is 4.98 Å². The lowest BCUT2D eigenvalue weighted by molar-refractivity contribution is 0.0857. The molecule has 1 amide bonds. The number of ether oxygens (including phenoxy) is 1. The zero-order valence-corrected chi connectivity index (χ0v) is 14.5. The Hall–Kier alpha value is -2.86. The molecule has 0 spiro atoms. The summed E-state index contributed by atoms with van der Waals surface area (Å²) in [6.45, 7) is 1.95. The normalized spacial score (nSPS) is 16.7. The van der Waals surface area contributed by atoms with Gasteiger partial charge in [0.05, 0.1) is 17.1 Å². The van der Waals surface area contributed by atoms with Crippen LogP contribution in [0, 0.1) is 0 Å². The number of amides is 1. The molecular weight excluding hydrogens is 328 g/mol. The summed E-state index contributed by atoms with van der Waals surface area (Å²) in [6.07, 6.45) is 2.24. The van der Waals surface area contributed by atoms with Crippen LogP contribution in [0.25, 0.3) is 11.0 Å². The molecule has 134 valence electrons. The number of hydrogen-bond acceptors (Lipinski definition) is 4. The number of para-hydroxylation sites is 2. The van der Waals surface area contributed by atoms with E-state index in [2.05, 4.69) is 20.6 Å². The van der Waals surface area contributed by atoms with E-state index >= 15 is 0 Å². The fraction of sp³-hybridized carbons (Fsp3) is 0.300. The van der Waals surface area contributed by atoms with Gasteiger partial charge < -0.3 is 20.4 Å². The summed E-state index contributed by atoms with van der Waals surface area (Å²) >= 11 is 0. The van der Waals surface area contributed by atoms with Crippen LogP contribution in [0.2, 0.25) is 0 Å². The summed E-state index contributed by atoms with van der Waals surface area (Å²) in [5.74, 6) is 0.658. The average molecular weight is 350 g/mol. The van der Waals surface area contributed by atoms with Crippen molar-refractivity contribution >= 4 is 22.9 Å². The third-order valence-electron chi connectivity index (χ3n) is 4.55. The van der Waals surface area contributed by atoms with Gasteiger partial charge >= 0.3 is 0 Å². The number of rotatable bonds is 6. The number of benzene rings is 2. The molecule has 2 aromatic carbocycles. The van der Waals surface area contributed by atoms with Gasteiger partial charge in [0.2, 0.25) is 5.95 Å². The van der Waals surface area contributed by atoms with Crippen LogP contribution in [0.5, 0.6) is 0 Å². The highest BCUT2D eigenvalue weighted by Gasteiger charge is 2.16. The molecule has 0 aliphatic carbocycles. The predicted molar refractivity (Wildman–Crippen MR) is 101 cm³/mol. The highest BCUT2D eigenvalue weighted by Crippen LogP contribution is 2.15. The number of anilines is 1. The summed E-state index contributed by atoms with van der Waals surface area (Å²) in [4.78, 5) is 20.1. The minimum absolute atomic E-state index is 0.0638. The highest BCUT2D eigenvalue weighted by atomic mass is 16.5. The van der Waals surface area contributed by atoms with Crippen molar-refractivity contribution in [1.29, 1.82) is 0 Å². The molecule has 1 aliphatic rings. The third kappa shape index (κ3) is 3.86. The van der Waals surface area contributed by atoms with Crippen molar-refractivity contribution in [3.8, 4) is 0 Å². The van der Waals surface area contributed by atoms with E-state index in [-0.39, 0.29) is 12.0 Å². The quantitative estimate of drug-likeness (QED) is 0.638. The van der Waals surface area contributed by atoms with Crippen LogP contribution in [0.4, 0.5) is 5.95 Å². The van der Waals surface area contributed by atoms with Crippen molar-refractivity contribution < 1.29 is 9.53 Å². The Morgan fingerprint density at radius 1 is 1.23 bits per heavy atom. The van der Waals surface area contributed by atoms with E-state index < -0.39 is 0 Å². The second-order valence-electron chi connectivity index (χ2n) is 6.50. The first-order valence-electron chi connectivity index (χ1n) is 8.95. The number of carbonyl (C=O) groups excluding carboxylic acids is 1. The van der Waals surface area contributed by atoms with E-state index in [0.29, 0.717) is 18.7 Å². The summed E-state index contributed by atoms with van der Waals surface area (Å²) in [5.41, 5.74) is 3.61. The number of aromatic nitrogens is 2. The van der Waals surface area contributed by atoms with Crippen molar-refractivity contribution in [2.75, 3.05) is 18.5 Å². The van der Waals surface area contributed by atoms with Crippen molar-refractivity contribution in [2.24, 2.45) is 0 Å². The first-order valence-corrected chi connectivity index (χ1v) is 8.95. The van der Waals surface area contributed by atoms with Crippen LogP contribution in [-0.2, 0) is 11.3 Å². The minimum Gasteiger partial charge on any atom is -0.376 e. The maximum Gasteiger partial charge on any atom is 0.251 e. The van der Waals surface area contributed by atoms with Crippen molar-refractivity contribution in [2.45, 2.75) is 25.5 Å². The second kappa shape index (κ2) is 7.58. The zero-order valence-electron chi connectivity index (χ0n) is 14.5. The number of H-pyrrole nitrogens is 1. The smallest absolute Gasteiger partial charge is 0.251 e. The molecule has 6 heteroatoms. The van der Waals surface area contributed by atoms with E-state index in [1.807, 2.05) is 48.5 Å². The third-order valence-corrected chi connectivity index (χ3v) is 4.55. The van der Waals surface area contributed by atoms with Crippen molar-refractivity contribution in [3.63, 3.8) is 0 Å². The summed E-state index contributed by atoms with van der Waals surface area (Å²) in [7, 11) is 0. The Labute approximate surface area is 152 Å². The van der Waals surface area contributed by atoms with Gasteiger partial charge in [0.1, 0.15) is 0 Å². The van der Waals surface area contributed by atoms with Gasteiger partial charge in [0.15, 0.2) is 0 Å². The van der Waals surface area contributed by atoms with Crippen LogP contribution in [0.1, 0.15) is 28.8 Å². The van der Waals surface area contributed by atoms with Gasteiger partial charge in [0, 0.05) is 25.3 Å². The molecule has 0 radical (unpaired) electrons. The molecule has 2 heterocycles. The van der Waals surface area contributed by atoms with E-state index in [0.717, 1.165) is 42.0 Å². The van der Waals surface area contributed by atoms with Crippen LogP contribution in [0.3, 0.4) is 0 Å². The van der Waals surface area contributed by atoms with Crippen LogP contribution >= 0.6 is 0 Å². The van der Waals surface area contributed by atoms with Gasteiger partial charge in [-0.1, -0.05) is 24.3 Å². The molecule has 0 saturated carbocycles. The number of hydrogen-bond donors (Lipinski definition) is 3. The standard InChI is InChI=1S/C20H22N4O2/c25-19(21-13-16-7-4-10-26-16)15-6-3-5-14(11-15)12-22-20-23-17-8-1-2-9-18(17)24-20/h1-3,5-6,8-9,11,16H,4,7,10,12-13H2,(H,21,25)(H2,22,23,24). The minimum atomic E-state index is -0.0638. The fourth-order valence-electron chi connectivity index (χ4n) is 3.16. The van der Waals surface area contributed by atoms with E-state index in [4.69, 9.17) is 4.74 Å². The van der Waals surface area contributed by atoms with Crippen LogP contribution < -0.4 is 10.6 Å². The Morgan fingerprint density at radius 3 is 3.00 bits per heavy atom. The number of nitrogens with zero attached hydrogens (tertiary/aromatic N) is 1. The second-order valence-corrected chi connectivity index (χ2v) is 6.50. The molecule has 0 bridgehead atoms. The topological polar surface area (TPSA) is 79.0 Å². The first kappa shape index (κ1) is 16.6. The predicted octanol–water partition coefficient (Wildman–Crippen LogP) is 3.08. The first-order chi connectivity index (χ1) is 12.8. The molecule has 26 heavy (non-hydrogen) atoms. The lowest BCUT2D eigenvalue weighted by Gasteiger charge is -2.11. The zero-order chi connectivity index (χ0) is 17.8. The number of carbonyl (C=O) groups is 1. The molecule has 1 aromatic heterocycles. The Balaban J connectivity index is 1.36. The summed E-state index contributed by atoms with van der Waals surface area (Å²) in [5, 5.41) is 6.23. The number of aromatic amines is 1. The Bertz CT molecular complexity index is 866. The molecule has 1 atom stereocenters. The maximum absolute atomic E-state index is 12.3. The fourth-order valence-corrected chi connectivity index (χ4v) is 3.16. The number of imidazole rings is 1. The van der Waals surface area contributed by atoms with Crippen molar-refractivity contribution in [1.82, 2.24) is 15.3 Å². The SMILES string of the molecule is O=C(NCC1CCCO1)c1cccc(CNc2nc3ccccc3[nH]2)c1. The van der Waals surface area contributed by atoms with Gasteiger partial charge in [-0.3, -0.25) is 4.79 Å². The van der Waals surface area contributed by atoms with E-state index in [1.165, 1.54) is 0 Å². The Morgan fingerprint density at radius 2 is 2.15 bits per heavy atom. The summed E-state index contributed by atoms with van der Waals surface area (Å²) < 4.78 is 5.54. The van der Waals surface area contributed by atoms with Gasteiger partial charge in [-0.05, 0) is 42.7 Å². The van der Waals surface area contributed by atoms with Gasteiger partial charge in [-0.15, -0.1) is 0 Å². The highest BCUT2D eigenvalue weighted by molar-refractivity contribution is 5.94. The molecular formula is C20H22N4O2. The molecule has 1 unspecified atom stereocenters. The van der Waals surface area contributed by atoms with Gasteiger partial charge in [-0.2, -0.15) is 0 Å². The lowest BCUT2D eigenvalue weighted by Crippen LogP contribution is -2.31. The lowest BCUT2D eigenvalue weighted by atomic mass is 10.1.